The van der Waals surface area contributed by atoms with E-state index in [0.29, 0.717) is 17.3 Å². The van der Waals surface area contributed by atoms with Crippen LogP contribution >= 0.6 is 27.3 Å². The Balaban J connectivity index is 2.16. The van der Waals surface area contributed by atoms with Crippen LogP contribution in [-0.4, -0.2) is 22.2 Å². The number of alkyl halides is 1. The molecule has 0 bridgehead atoms. The predicted molar refractivity (Wildman–Crippen MR) is 71.0 cm³/mol. The Morgan fingerprint density at radius 1 is 1.69 bits per heavy atom. The van der Waals surface area contributed by atoms with Gasteiger partial charge in [-0.25, -0.2) is 0 Å². The van der Waals surface area contributed by atoms with Crippen LogP contribution in [0.25, 0.3) is 0 Å². The van der Waals surface area contributed by atoms with Crippen molar-refractivity contribution >= 4 is 33.2 Å². The van der Waals surface area contributed by atoms with E-state index in [0.717, 1.165) is 19.4 Å². The van der Waals surface area contributed by atoms with Crippen molar-refractivity contribution in [2.45, 2.75) is 37.1 Å². The molecule has 2 rings (SSSR count). The molecule has 1 aromatic rings. The SMILES string of the molecule is CCCC(c1cccs1)N1CC(Br)CC1=O. The van der Waals surface area contributed by atoms with Gasteiger partial charge in [0.05, 0.1) is 6.04 Å². The first kappa shape index (κ1) is 12.1. The molecular formula is C12H16BrNOS. The third kappa shape index (κ3) is 2.48. The summed E-state index contributed by atoms with van der Waals surface area (Å²) in [4.78, 5) is 15.6. The van der Waals surface area contributed by atoms with Crippen LogP contribution in [0.3, 0.4) is 0 Å². The monoisotopic (exact) mass is 301 g/mol. The first-order valence-corrected chi connectivity index (χ1v) is 7.48. The van der Waals surface area contributed by atoms with Crippen molar-refractivity contribution < 1.29 is 4.79 Å². The van der Waals surface area contributed by atoms with Gasteiger partial charge in [0.25, 0.3) is 0 Å². The van der Waals surface area contributed by atoms with Crippen LogP contribution in [0.15, 0.2) is 17.5 Å². The maximum absolute atomic E-state index is 11.9. The van der Waals surface area contributed by atoms with Gasteiger partial charge in [-0.3, -0.25) is 4.79 Å². The molecular weight excluding hydrogens is 286 g/mol. The summed E-state index contributed by atoms with van der Waals surface area (Å²) in [6.45, 7) is 3.02. The number of carbonyl (C=O) groups is 1. The number of halogens is 1. The Morgan fingerprint density at radius 3 is 3.00 bits per heavy atom. The van der Waals surface area contributed by atoms with Crippen molar-refractivity contribution in [3.05, 3.63) is 22.4 Å². The van der Waals surface area contributed by atoms with Gasteiger partial charge in [-0.1, -0.05) is 35.3 Å². The Labute approximate surface area is 109 Å². The number of carbonyl (C=O) groups excluding carboxylic acids is 1. The van der Waals surface area contributed by atoms with Gasteiger partial charge in [-0.2, -0.15) is 0 Å². The average molecular weight is 302 g/mol. The lowest BCUT2D eigenvalue weighted by molar-refractivity contribution is -0.129. The molecule has 1 aliphatic heterocycles. The summed E-state index contributed by atoms with van der Waals surface area (Å²) >= 11 is 5.29. The van der Waals surface area contributed by atoms with Crippen LogP contribution in [0.2, 0.25) is 0 Å². The lowest BCUT2D eigenvalue weighted by Crippen LogP contribution is -2.29. The molecule has 2 nitrogen and oxygen atoms in total. The molecule has 1 fully saturated rings. The Kier molecular flexibility index (Phi) is 4.03. The molecule has 1 saturated heterocycles. The topological polar surface area (TPSA) is 20.3 Å². The molecule has 88 valence electrons. The van der Waals surface area contributed by atoms with Gasteiger partial charge in [0, 0.05) is 22.7 Å². The van der Waals surface area contributed by atoms with Crippen LogP contribution < -0.4 is 0 Å². The van der Waals surface area contributed by atoms with E-state index in [2.05, 4.69) is 40.4 Å². The molecule has 2 unspecified atom stereocenters. The van der Waals surface area contributed by atoms with E-state index in [1.165, 1.54) is 4.88 Å². The standard InChI is InChI=1S/C12H16BrNOS/c1-2-4-10(11-5-3-6-16-11)14-8-9(13)7-12(14)15/h3,5-6,9-10H,2,4,7-8H2,1H3. The molecule has 1 aliphatic rings. The molecule has 2 atom stereocenters. The van der Waals surface area contributed by atoms with Crippen LogP contribution in [0, 0.1) is 0 Å². The number of hydrogen-bond donors (Lipinski definition) is 0. The van der Waals surface area contributed by atoms with Gasteiger partial charge < -0.3 is 4.90 Å². The maximum atomic E-state index is 11.9. The van der Waals surface area contributed by atoms with E-state index < -0.39 is 0 Å². The third-order valence-electron chi connectivity index (χ3n) is 2.92. The minimum Gasteiger partial charge on any atom is -0.334 e. The van der Waals surface area contributed by atoms with E-state index >= 15 is 0 Å². The summed E-state index contributed by atoms with van der Waals surface area (Å²) in [6, 6.07) is 4.49. The number of thiophene rings is 1. The number of hydrogen-bond acceptors (Lipinski definition) is 2. The molecule has 1 amide bonds. The molecule has 0 N–H and O–H groups in total. The van der Waals surface area contributed by atoms with E-state index in [4.69, 9.17) is 0 Å². The zero-order chi connectivity index (χ0) is 11.5. The zero-order valence-electron chi connectivity index (χ0n) is 9.36. The van der Waals surface area contributed by atoms with Gasteiger partial charge >= 0.3 is 0 Å². The number of amides is 1. The van der Waals surface area contributed by atoms with Gasteiger partial charge in [-0.15, -0.1) is 11.3 Å². The second-order valence-electron chi connectivity index (χ2n) is 4.17. The second-order valence-corrected chi connectivity index (χ2v) is 6.44. The summed E-state index contributed by atoms with van der Waals surface area (Å²) in [5.41, 5.74) is 0. The van der Waals surface area contributed by atoms with E-state index in [1.54, 1.807) is 11.3 Å². The van der Waals surface area contributed by atoms with Gasteiger partial charge in [-0.05, 0) is 17.9 Å². The lowest BCUT2D eigenvalue weighted by atomic mass is 10.1. The highest BCUT2D eigenvalue weighted by atomic mass is 79.9. The van der Waals surface area contributed by atoms with Crippen LogP contribution in [0.4, 0.5) is 0 Å². The molecule has 0 spiro atoms. The van der Waals surface area contributed by atoms with Crippen molar-refractivity contribution in [3.8, 4) is 0 Å². The fourth-order valence-electron chi connectivity index (χ4n) is 2.19. The van der Waals surface area contributed by atoms with Crippen molar-refractivity contribution in [1.82, 2.24) is 4.90 Å². The first-order chi connectivity index (χ1) is 7.72. The highest BCUT2D eigenvalue weighted by Crippen LogP contribution is 2.34. The normalized spacial score (nSPS) is 22.8. The van der Waals surface area contributed by atoms with Crippen LogP contribution in [0.1, 0.15) is 37.1 Å². The summed E-state index contributed by atoms with van der Waals surface area (Å²) in [6.07, 6.45) is 2.82. The van der Waals surface area contributed by atoms with Crippen LogP contribution in [-0.2, 0) is 4.79 Å². The molecule has 0 saturated carbocycles. The van der Waals surface area contributed by atoms with Crippen molar-refractivity contribution in [1.29, 1.82) is 0 Å². The molecule has 0 aliphatic carbocycles. The summed E-state index contributed by atoms with van der Waals surface area (Å²) in [5, 5.41) is 2.09. The minimum absolute atomic E-state index is 0.286. The molecule has 2 heterocycles. The maximum Gasteiger partial charge on any atom is 0.224 e. The summed E-state index contributed by atoms with van der Waals surface area (Å²) in [5.74, 6) is 0.286. The van der Waals surface area contributed by atoms with Gasteiger partial charge in [0.1, 0.15) is 0 Å². The third-order valence-corrected chi connectivity index (χ3v) is 4.51. The van der Waals surface area contributed by atoms with Crippen molar-refractivity contribution in [2.75, 3.05) is 6.54 Å². The van der Waals surface area contributed by atoms with Crippen LogP contribution in [0.5, 0.6) is 0 Å². The smallest absolute Gasteiger partial charge is 0.224 e. The Hall–Kier alpha value is -0.350. The lowest BCUT2D eigenvalue weighted by Gasteiger charge is -2.26. The Bertz CT molecular complexity index is 352. The quantitative estimate of drug-likeness (QED) is 0.778. The predicted octanol–water partition coefficient (Wildman–Crippen LogP) is 3.59. The number of likely N-dealkylation sites (tertiary alicyclic amines) is 1. The summed E-state index contributed by atoms with van der Waals surface area (Å²) in [7, 11) is 0. The fourth-order valence-corrected chi connectivity index (χ4v) is 3.66. The zero-order valence-corrected chi connectivity index (χ0v) is 11.8. The van der Waals surface area contributed by atoms with E-state index in [-0.39, 0.29) is 5.91 Å². The number of nitrogens with zero attached hydrogens (tertiary/aromatic N) is 1. The molecule has 4 heteroatoms. The van der Waals surface area contributed by atoms with Gasteiger partial charge in [0.15, 0.2) is 0 Å². The van der Waals surface area contributed by atoms with Crippen molar-refractivity contribution in [2.24, 2.45) is 0 Å². The average Bonchev–Trinajstić information content (AvgIpc) is 2.85. The van der Waals surface area contributed by atoms with Gasteiger partial charge in [0.2, 0.25) is 5.91 Å². The summed E-state index contributed by atoms with van der Waals surface area (Å²) < 4.78 is 0. The number of rotatable bonds is 4. The molecule has 16 heavy (non-hydrogen) atoms. The molecule has 0 radical (unpaired) electrons. The molecule has 1 aromatic heterocycles. The van der Waals surface area contributed by atoms with Crippen molar-refractivity contribution in [3.63, 3.8) is 0 Å². The second kappa shape index (κ2) is 5.32. The highest BCUT2D eigenvalue weighted by Gasteiger charge is 2.33. The van der Waals surface area contributed by atoms with E-state index in [9.17, 15) is 4.79 Å². The fraction of sp³-hybridized carbons (Fsp3) is 0.583. The largest absolute Gasteiger partial charge is 0.334 e. The Morgan fingerprint density at radius 2 is 2.50 bits per heavy atom. The molecule has 0 aromatic carbocycles. The minimum atomic E-state index is 0.286. The van der Waals surface area contributed by atoms with E-state index in [1.807, 2.05) is 4.90 Å². The first-order valence-electron chi connectivity index (χ1n) is 5.69. The highest BCUT2D eigenvalue weighted by molar-refractivity contribution is 9.09.